The van der Waals surface area contributed by atoms with Gasteiger partial charge in [-0.15, -0.1) is 0 Å². The maximum absolute atomic E-state index is 12.2. The highest BCUT2D eigenvalue weighted by molar-refractivity contribution is 5.84. The fourth-order valence-electron chi connectivity index (χ4n) is 3.55. The van der Waals surface area contributed by atoms with Gasteiger partial charge < -0.3 is 19.2 Å². The highest BCUT2D eigenvalue weighted by Crippen LogP contribution is 2.24. The maximum Gasteiger partial charge on any atom is 0.340 e. The van der Waals surface area contributed by atoms with Crippen molar-refractivity contribution in [2.45, 2.75) is 51.5 Å². The van der Waals surface area contributed by atoms with Crippen LogP contribution in [0.25, 0.3) is 11.0 Å². The molecule has 28 heavy (non-hydrogen) atoms. The van der Waals surface area contributed by atoms with Crippen LogP contribution in [0.5, 0.6) is 5.75 Å². The maximum atomic E-state index is 12.2. The number of aryl methyl sites for hydroxylation is 1. The van der Waals surface area contributed by atoms with Gasteiger partial charge in [-0.3, -0.25) is 9.59 Å². The zero-order chi connectivity index (χ0) is 20.1. The Bertz CT molecular complexity index is 926. The van der Waals surface area contributed by atoms with Gasteiger partial charge in [-0.2, -0.15) is 0 Å². The zero-order valence-electron chi connectivity index (χ0n) is 16.2. The second-order valence-electron chi connectivity index (χ2n) is 7.10. The summed E-state index contributed by atoms with van der Waals surface area (Å²) in [5, 5.41) is 3.70. The van der Waals surface area contributed by atoms with Crippen LogP contribution in [0.15, 0.2) is 27.4 Å². The van der Waals surface area contributed by atoms with Gasteiger partial charge in [0.1, 0.15) is 11.3 Å². The Balaban J connectivity index is 1.70. The molecule has 1 saturated carbocycles. The van der Waals surface area contributed by atoms with Crippen LogP contribution in [0.1, 0.15) is 43.2 Å². The molecular weight excluding hydrogens is 362 g/mol. The Morgan fingerprint density at radius 2 is 1.96 bits per heavy atom. The van der Waals surface area contributed by atoms with Gasteiger partial charge >= 0.3 is 11.6 Å². The van der Waals surface area contributed by atoms with Gasteiger partial charge in [-0.1, -0.05) is 19.3 Å². The molecule has 0 unspecified atom stereocenters. The lowest BCUT2D eigenvalue weighted by molar-refractivity contribution is -0.139. The van der Waals surface area contributed by atoms with Crippen LogP contribution in [-0.2, 0) is 20.7 Å². The van der Waals surface area contributed by atoms with Crippen molar-refractivity contribution in [3.8, 4) is 5.75 Å². The number of benzene rings is 1. The molecule has 0 radical (unpaired) electrons. The van der Waals surface area contributed by atoms with Crippen LogP contribution in [0.2, 0.25) is 0 Å². The summed E-state index contributed by atoms with van der Waals surface area (Å²) in [6, 6.07) is 5.28. The van der Waals surface area contributed by atoms with Crippen LogP contribution in [0.3, 0.4) is 0 Å². The van der Waals surface area contributed by atoms with Gasteiger partial charge in [0.2, 0.25) is 0 Å². The standard InChI is InChI=1S/C21H25NO6/c1-13-16-9-8-15(27-12-19(23)22-14-6-4-3-5-7-14)10-18(16)28-21(25)17(13)11-20(24)26-2/h8-10,14H,3-7,11-12H2,1-2H3,(H,22,23). The van der Waals surface area contributed by atoms with Crippen molar-refractivity contribution in [1.29, 1.82) is 0 Å². The number of amides is 1. The van der Waals surface area contributed by atoms with Gasteiger partial charge in [0.25, 0.3) is 5.91 Å². The molecule has 0 bridgehead atoms. The van der Waals surface area contributed by atoms with Crippen molar-refractivity contribution in [2.75, 3.05) is 13.7 Å². The van der Waals surface area contributed by atoms with Crippen molar-refractivity contribution in [1.82, 2.24) is 5.32 Å². The minimum atomic E-state index is -0.581. The van der Waals surface area contributed by atoms with Gasteiger partial charge in [-0.25, -0.2) is 4.79 Å². The van der Waals surface area contributed by atoms with E-state index in [0.717, 1.165) is 25.7 Å². The van der Waals surface area contributed by atoms with E-state index in [1.165, 1.54) is 13.5 Å². The van der Waals surface area contributed by atoms with E-state index in [9.17, 15) is 14.4 Å². The number of rotatable bonds is 6. The molecule has 7 heteroatoms. The van der Waals surface area contributed by atoms with E-state index >= 15 is 0 Å². The van der Waals surface area contributed by atoms with Crippen LogP contribution in [-0.4, -0.2) is 31.6 Å². The molecule has 1 fully saturated rings. The van der Waals surface area contributed by atoms with E-state index < -0.39 is 11.6 Å². The molecule has 0 atom stereocenters. The third-order valence-corrected chi connectivity index (χ3v) is 5.15. The van der Waals surface area contributed by atoms with E-state index in [1.807, 2.05) is 0 Å². The predicted molar refractivity (Wildman–Crippen MR) is 103 cm³/mol. The first kappa shape index (κ1) is 19.9. The quantitative estimate of drug-likeness (QED) is 0.605. The summed E-state index contributed by atoms with van der Waals surface area (Å²) in [5.41, 5.74) is 0.710. The van der Waals surface area contributed by atoms with Gasteiger partial charge in [0.05, 0.1) is 19.1 Å². The lowest BCUT2D eigenvalue weighted by atomic mass is 9.95. The van der Waals surface area contributed by atoms with E-state index in [-0.39, 0.29) is 30.5 Å². The number of ether oxygens (including phenoxy) is 2. The number of carbonyl (C=O) groups is 2. The Labute approximate surface area is 163 Å². The molecule has 0 spiro atoms. The van der Waals surface area contributed by atoms with Crippen LogP contribution in [0.4, 0.5) is 0 Å². The highest BCUT2D eigenvalue weighted by atomic mass is 16.5. The summed E-state index contributed by atoms with van der Waals surface area (Å²) in [4.78, 5) is 35.8. The average molecular weight is 387 g/mol. The smallest absolute Gasteiger partial charge is 0.340 e. The minimum absolute atomic E-state index is 0.0916. The highest BCUT2D eigenvalue weighted by Gasteiger charge is 2.17. The molecule has 1 aliphatic carbocycles. The second kappa shape index (κ2) is 8.91. The van der Waals surface area contributed by atoms with E-state index in [1.54, 1.807) is 25.1 Å². The van der Waals surface area contributed by atoms with E-state index in [0.29, 0.717) is 22.3 Å². The summed E-state index contributed by atoms with van der Waals surface area (Å²) in [7, 11) is 1.27. The topological polar surface area (TPSA) is 94.8 Å². The molecule has 3 rings (SSSR count). The summed E-state index contributed by atoms with van der Waals surface area (Å²) >= 11 is 0. The summed E-state index contributed by atoms with van der Waals surface area (Å²) in [6.45, 7) is 1.67. The SMILES string of the molecule is COC(=O)Cc1c(C)c2ccc(OCC(=O)NC3CCCCC3)cc2oc1=O. The van der Waals surface area contributed by atoms with E-state index in [2.05, 4.69) is 10.1 Å². The molecule has 1 N–H and O–H groups in total. The number of esters is 1. The minimum Gasteiger partial charge on any atom is -0.484 e. The van der Waals surface area contributed by atoms with Gasteiger partial charge in [-0.05, 0) is 37.5 Å². The van der Waals surface area contributed by atoms with Crippen molar-refractivity contribution in [3.63, 3.8) is 0 Å². The third-order valence-electron chi connectivity index (χ3n) is 5.15. The molecule has 7 nitrogen and oxygen atoms in total. The Morgan fingerprint density at radius 3 is 2.68 bits per heavy atom. The first-order chi connectivity index (χ1) is 13.5. The van der Waals surface area contributed by atoms with Crippen LogP contribution < -0.4 is 15.7 Å². The van der Waals surface area contributed by atoms with Gasteiger partial charge in [0.15, 0.2) is 6.61 Å². The Hall–Kier alpha value is -2.83. The largest absolute Gasteiger partial charge is 0.484 e. The van der Waals surface area contributed by atoms with Crippen LogP contribution >= 0.6 is 0 Å². The Kier molecular flexibility index (Phi) is 6.34. The molecule has 1 amide bonds. The van der Waals surface area contributed by atoms with Crippen molar-refractivity contribution < 1.29 is 23.5 Å². The van der Waals surface area contributed by atoms with Crippen molar-refractivity contribution in [3.05, 3.63) is 39.7 Å². The van der Waals surface area contributed by atoms with Crippen molar-refractivity contribution in [2.24, 2.45) is 0 Å². The molecule has 150 valence electrons. The van der Waals surface area contributed by atoms with E-state index in [4.69, 9.17) is 9.15 Å². The lowest BCUT2D eigenvalue weighted by Crippen LogP contribution is -2.38. The number of hydrogen-bond acceptors (Lipinski definition) is 6. The molecule has 1 aromatic carbocycles. The monoisotopic (exact) mass is 387 g/mol. The van der Waals surface area contributed by atoms with Gasteiger partial charge in [0, 0.05) is 17.5 Å². The number of nitrogens with one attached hydrogen (secondary N) is 1. The molecule has 2 aromatic rings. The summed E-state index contributed by atoms with van der Waals surface area (Å²) in [5.74, 6) is -0.216. The molecular formula is C21H25NO6. The average Bonchev–Trinajstić information content (AvgIpc) is 2.70. The first-order valence-corrected chi connectivity index (χ1v) is 9.53. The predicted octanol–water partition coefficient (Wildman–Crippen LogP) is 2.64. The first-order valence-electron chi connectivity index (χ1n) is 9.53. The molecule has 1 heterocycles. The lowest BCUT2D eigenvalue weighted by Gasteiger charge is -2.22. The normalized spacial score (nSPS) is 14.6. The van der Waals surface area contributed by atoms with Crippen LogP contribution in [0, 0.1) is 6.92 Å². The summed E-state index contributed by atoms with van der Waals surface area (Å²) < 4.78 is 15.5. The fraction of sp³-hybridized carbons (Fsp3) is 0.476. The fourth-order valence-corrected chi connectivity index (χ4v) is 3.55. The molecule has 1 aliphatic rings. The molecule has 0 aliphatic heterocycles. The number of fused-ring (bicyclic) bond motifs is 1. The number of methoxy groups -OCH3 is 1. The summed E-state index contributed by atoms with van der Waals surface area (Å²) in [6.07, 6.45) is 5.41. The molecule has 0 saturated heterocycles. The van der Waals surface area contributed by atoms with Crippen molar-refractivity contribution >= 4 is 22.8 Å². The number of hydrogen-bond donors (Lipinski definition) is 1. The zero-order valence-corrected chi connectivity index (χ0v) is 16.2. The second-order valence-corrected chi connectivity index (χ2v) is 7.10. The molecule has 1 aromatic heterocycles. The number of carbonyl (C=O) groups excluding carboxylic acids is 2. The third kappa shape index (κ3) is 4.71. The Morgan fingerprint density at radius 1 is 1.21 bits per heavy atom.